The molecule has 1 aromatic carbocycles. The minimum absolute atomic E-state index is 0.165. The number of anilines is 1. The highest BCUT2D eigenvalue weighted by Gasteiger charge is 2.07. The summed E-state index contributed by atoms with van der Waals surface area (Å²) in [5.74, 6) is 1.25. The van der Waals surface area contributed by atoms with Gasteiger partial charge in [0.25, 0.3) is 5.91 Å². The number of nitrogens with zero attached hydrogens (tertiary/aromatic N) is 4. The monoisotopic (exact) mass is 370 g/mol. The van der Waals surface area contributed by atoms with Crippen LogP contribution >= 0.6 is 11.6 Å². The first-order valence-electron chi connectivity index (χ1n) is 8.15. The maximum Gasteiger partial charge on any atom is 0.251 e. The molecule has 2 heterocycles. The number of hydrogen-bond acceptors (Lipinski definition) is 5. The average molecular weight is 371 g/mol. The summed E-state index contributed by atoms with van der Waals surface area (Å²) in [6, 6.07) is 8.68. The number of nitrogens with one attached hydrogen (secondary N) is 2. The minimum atomic E-state index is -0.165. The van der Waals surface area contributed by atoms with Gasteiger partial charge in [0.2, 0.25) is 0 Å². The summed E-state index contributed by atoms with van der Waals surface area (Å²) in [7, 11) is 0. The van der Waals surface area contributed by atoms with Crippen LogP contribution in [0.15, 0.2) is 43.0 Å². The molecule has 0 unspecified atom stereocenters. The third-order valence-electron chi connectivity index (χ3n) is 3.95. The van der Waals surface area contributed by atoms with Gasteiger partial charge in [-0.3, -0.25) is 9.36 Å². The number of rotatable bonds is 6. The standard InChI is InChI=1S/C18H19ClN6O/c1-12-13(2)25(11-24-12)17-9-16(22-10-23-17)20-6-7-21-18(26)14-4-3-5-15(19)8-14/h3-5,8-11H,6-7H2,1-2H3,(H,21,26)(H,20,22,23). The van der Waals surface area contributed by atoms with Crippen LogP contribution in [0.1, 0.15) is 21.7 Å². The van der Waals surface area contributed by atoms with Gasteiger partial charge in [0.05, 0.1) is 5.69 Å². The molecule has 0 aliphatic rings. The van der Waals surface area contributed by atoms with Crippen LogP contribution < -0.4 is 10.6 Å². The molecule has 1 amide bonds. The van der Waals surface area contributed by atoms with Crippen molar-refractivity contribution in [2.45, 2.75) is 13.8 Å². The van der Waals surface area contributed by atoms with Crippen molar-refractivity contribution >= 4 is 23.3 Å². The number of aryl methyl sites for hydroxylation is 1. The van der Waals surface area contributed by atoms with Crippen LogP contribution in [-0.4, -0.2) is 38.5 Å². The second-order valence-electron chi connectivity index (χ2n) is 5.74. The van der Waals surface area contributed by atoms with Crippen molar-refractivity contribution < 1.29 is 4.79 Å². The van der Waals surface area contributed by atoms with E-state index >= 15 is 0 Å². The van der Waals surface area contributed by atoms with E-state index in [1.54, 1.807) is 30.6 Å². The van der Waals surface area contributed by atoms with E-state index in [9.17, 15) is 4.79 Å². The first-order valence-corrected chi connectivity index (χ1v) is 8.53. The summed E-state index contributed by atoms with van der Waals surface area (Å²) < 4.78 is 1.91. The van der Waals surface area contributed by atoms with Crippen LogP contribution in [0.4, 0.5) is 5.82 Å². The van der Waals surface area contributed by atoms with Crippen LogP contribution in [-0.2, 0) is 0 Å². The number of carbonyl (C=O) groups excluding carboxylic acids is 1. The first-order chi connectivity index (χ1) is 12.5. The highest BCUT2D eigenvalue weighted by Crippen LogP contribution is 2.13. The van der Waals surface area contributed by atoms with Crippen molar-refractivity contribution in [1.29, 1.82) is 0 Å². The zero-order chi connectivity index (χ0) is 18.5. The number of halogens is 1. The highest BCUT2D eigenvalue weighted by atomic mass is 35.5. The third-order valence-corrected chi connectivity index (χ3v) is 4.19. The van der Waals surface area contributed by atoms with Crippen molar-refractivity contribution in [3.05, 3.63) is 65.0 Å². The normalized spacial score (nSPS) is 10.6. The van der Waals surface area contributed by atoms with E-state index in [-0.39, 0.29) is 5.91 Å². The van der Waals surface area contributed by atoms with E-state index in [0.29, 0.717) is 29.5 Å². The first kappa shape index (κ1) is 17.9. The lowest BCUT2D eigenvalue weighted by atomic mass is 10.2. The van der Waals surface area contributed by atoms with Crippen LogP contribution in [0, 0.1) is 13.8 Å². The maximum atomic E-state index is 12.1. The van der Waals surface area contributed by atoms with Gasteiger partial charge in [-0.05, 0) is 32.0 Å². The van der Waals surface area contributed by atoms with Crippen LogP contribution in [0.3, 0.4) is 0 Å². The van der Waals surface area contributed by atoms with Gasteiger partial charge in [0, 0.05) is 35.4 Å². The number of imidazole rings is 1. The number of hydrogen-bond donors (Lipinski definition) is 2. The Morgan fingerprint density at radius 1 is 1.15 bits per heavy atom. The third kappa shape index (κ3) is 4.18. The fourth-order valence-electron chi connectivity index (χ4n) is 2.40. The van der Waals surface area contributed by atoms with Gasteiger partial charge in [0.1, 0.15) is 24.3 Å². The number of benzene rings is 1. The molecule has 0 saturated heterocycles. The van der Waals surface area contributed by atoms with Gasteiger partial charge in [-0.15, -0.1) is 0 Å². The van der Waals surface area contributed by atoms with E-state index in [4.69, 9.17) is 11.6 Å². The maximum absolute atomic E-state index is 12.1. The van der Waals surface area contributed by atoms with Gasteiger partial charge in [-0.25, -0.2) is 15.0 Å². The molecule has 0 radical (unpaired) electrons. The molecule has 134 valence electrons. The smallest absolute Gasteiger partial charge is 0.251 e. The van der Waals surface area contributed by atoms with Gasteiger partial charge >= 0.3 is 0 Å². The van der Waals surface area contributed by atoms with Gasteiger partial charge in [-0.2, -0.15) is 0 Å². The Bertz CT molecular complexity index is 924. The van der Waals surface area contributed by atoms with Crippen molar-refractivity contribution in [3.8, 4) is 5.82 Å². The SMILES string of the molecule is Cc1ncn(-c2cc(NCCNC(=O)c3cccc(Cl)c3)ncn2)c1C. The van der Waals surface area contributed by atoms with Crippen molar-refractivity contribution in [2.24, 2.45) is 0 Å². The number of aromatic nitrogens is 4. The van der Waals surface area contributed by atoms with E-state index in [1.807, 2.05) is 24.5 Å². The van der Waals surface area contributed by atoms with Gasteiger partial charge in [-0.1, -0.05) is 17.7 Å². The molecule has 8 heteroatoms. The molecule has 0 spiro atoms. The Morgan fingerprint density at radius 3 is 2.73 bits per heavy atom. The fourth-order valence-corrected chi connectivity index (χ4v) is 2.59. The molecule has 26 heavy (non-hydrogen) atoms. The molecule has 3 aromatic rings. The predicted molar refractivity (Wildman–Crippen MR) is 101 cm³/mol. The summed E-state index contributed by atoms with van der Waals surface area (Å²) in [6.45, 7) is 4.93. The molecule has 2 N–H and O–H groups in total. The van der Waals surface area contributed by atoms with Crippen molar-refractivity contribution in [1.82, 2.24) is 24.8 Å². The molecule has 0 saturated carbocycles. The van der Waals surface area contributed by atoms with Crippen molar-refractivity contribution in [2.75, 3.05) is 18.4 Å². The molecule has 0 aliphatic heterocycles. The Balaban J connectivity index is 1.55. The Labute approximate surface area is 156 Å². The van der Waals surface area contributed by atoms with E-state index in [0.717, 1.165) is 17.2 Å². The second kappa shape index (κ2) is 7.97. The lowest BCUT2D eigenvalue weighted by Crippen LogP contribution is -2.28. The largest absolute Gasteiger partial charge is 0.368 e. The Kier molecular flexibility index (Phi) is 5.48. The molecule has 0 fully saturated rings. The molecule has 0 atom stereocenters. The zero-order valence-electron chi connectivity index (χ0n) is 14.5. The minimum Gasteiger partial charge on any atom is -0.368 e. The summed E-state index contributed by atoms with van der Waals surface area (Å²) in [6.07, 6.45) is 3.24. The molecule has 7 nitrogen and oxygen atoms in total. The molecule has 2 aromatic heterocycles. The summed E-state index contributed by atoms with van der Waals surface area (Å²) in [5.41, 5.74) is 2.53. The number of carbonyl (C=O) groups is 1. The van der Waals surface area contributed by atoms with Gasteiger partial charge < -0.3 is 10.6 Å². The lowest BCUT2D eigenvalue weighted by Gasteiger charge is -2.09. The van der Waals surface area contributed by atoms with E-state index < -0.39 is 0 Å². The van der Waals surface area contributed by atoms with Crippen LogP contribution in [0.2, 0.25) is 5.02 Å². The molecule has 0 aliphatic carbocycles. The predicted octanol–water partition coefficient (Wildman–Crippen LogP) is 2.77. The van der Waals surface area contributed by atoms with E-state index in [2.05, 4.69) is 25.6 Å². The lowest BCUT2D eigenvalue weighted by molar-refractivity contribution is 0.0955. The quantitative estimate of drug-likeness (QED) is 0.652. The highest BCUT2D eigenvalue weighted by molar-refractivity contribution is 6.30. The summed E-state index contributed by atoms with van der Waals surface area (Å²) in [5, 5.41) is 6.55. The molecular weight excluding hydrogens is 352 g/mol. The van der Waals surface area contributed by atoms with E-state index in [1.165, 1.54) is 6.33 Å². The van der Waals surface area contributed by atoms with Crippen LogP contribution in [0.5, 0.6) is 0 Å². The molecular formula is C18H19ClN6O. The molecule has 3 rings (SSSR count). The van der Waals surface area contributed by atoms with Crippen molar-refractivity contribution in [3.63, 3.8) is 0 Å². The van der Waals surface area contributed by atoms with Crippen LogP contribution in [0.25, 0.3) is 5.82 Å². The molecule has 0 bridgehead atoms. The fraction of sp³-hybridized carbons (Fsp3) is 0.222. The topological polar surface area (TPSA) is 84.7 Å². The zero-order valence-corrected chi connectivity index (χ0v) is 15.3. The Morgan fingerprint density at radius 2 is 2.00 bits per heavy atom. The summed E-state index contributed by atoms with van der Waals surface area (Å²) in [4.78, 5) is 24.8. The summed E-state index contributed by atoms with van der Waals surface area (Å²) >= 11 is 5.90. The average Bonchev–Trinajstić information content (AvgIpc) is 2.98. The number of amides is 1. The second-order valence-corrected chi connectivity index (χ2v) is 6.18. The van der Waals surface area contributed by atoms with Gasteiger partial charge in [0.15, 0.2) is 0 Å². The Hall–Kier alpha value is -2.93.